The fourth-order valence-corrected chi connectivity index (χ4v) is 3.74. The molecule has 2 heterocycles. The molecule has 0 aliphatic heterocycles. The lowest BCUT2D eigenvalue weighted by atomic mass is 10.0. The van der Waals surface area contributed by atoms with Crippen molar-refractivity contribution in [1.29, 1.82) is 0 Å². The summed E-state index contributed by atoms with van der Waals surface area (Å²) in [4.78, 5) is 9.93. The van der Waals surface area contributed by atoms with Crippen LogP contribution in [0.1, 0.15) is 12.6 Å². The van der Waals surface area contributed by atoms with Gasteiger partial charge in [0.2, 0.25) is 5.78 Å². The lowest BCUT2D eigenvalue weighted by Crippen LogP contribution is -1.95. The Kier molecular flexibility index (Phi) is 5.15. The second kappa shape index (κ2) is 7.75. The van der Waals surface area contributed by atoms with Crippen molar-refractivity contribution in [2.24, 2.45) is 0 Å². The number of aromatic nitrogens is 3. The largest absolute Gasteiger partial charge is 0.491 e. The molecule has 0 aliphatic carbocycles. The van der Waals surface area contributed by atoms with Crippen LogP contribution in [-0.2, 0) is 10.8 Å². The average Bonchev–Trinajstić information content (AvgIpc) is 3.08. The Bertz CT molecular complexity index is 1220. The van der Waals surface area contributed by atoms with Gasteiger partial charge in [-0.3, -0.25) is 8.61 Å². The molecule has 5 nitrogen and oxygen atoms in total. The van der Waals surface area contributed by atoms with Crippen LogP contribution in [0.25, 0.3) is 28.3 Å². The van der Waals surface area contributed by atoms with Crippen molar-refractivity contribution < 1.29 is 13.3 Å². The maximum absolute atomic E-state index is 14.5. The molecule has 4 rings (SSSR count). The van der Waals surface area contributed by atoms with Gasteiger partial charge in [0.05, 0.1) is 18.0 Å². The summed E-state index contributed by atoms with van der Waals surface area (Å²) in [6, 6.07) is 14.2. The van der Waals surface area contributed by atoms with E-state index in [-0.39, 0.29) is 5.75 Å². The fourth-order valence-electron chi connectivity index (χ4n) is 3.22. The van der Waals surface area contributed by atoms with Gasteiger partial charge in [0, 0.05) is 45.0 Å². The summed E-state index contributed by atoms with van der Waals surface area (Å²) in [5.41, 5.74) is 3.77. The van der Waals surface area contributed by atoms with E-state index < -0.39 is 16.6 Å². The van der Waals surface area contributed by atoms with Gasteiger partial charge in [-0.05, 0) is 50.2 Å². The minimum Gasteiger partial charge on any atom is -0.491 e. The fraction of sp³-hybridized carbons (Fsp3) is 0.182. The van der Waals surface area contributed by atoms with E-state index in [4.69, 9.17) is 4.74 Å². The number of rotatable bonds is 5. The van der Waals surface area contributed by atoms with Crippen LogP contribution < -0.4 is 4.74 Å². The monoisotopic (exact) mass is 409 g/mol. The van der Waals surface area contributed by atoms with Gasteiger partial charge >= 0.3 is 0 Å². The van der Waals surface area contributed by atoms with Crippen molar-refractivity contribution in [1.82, 2.24) is 14.4 Å². The Morgan fingerprint density at radius 2 is 1.79 bits per heavy atom. The molecule has 29 heavy (non-hydrogen) atoms. The summed E-state index contributed by atoms with van der Waals surface area (Å²) in [5, 5.41) is 0. The second-order valence-electron chi connectivity index (χ2n) is 6.60. The molecule has 0 fully saturated rings. The number of imidazole rings is 1. The molecule has 4 aromatic rings. The van der Waals surface area contributed by atoms with Crippen LogP contribution >= 0.6 is 0 Å². The third-order valence-electron chi connectivity index (χ3n) is 4.60. The van der Waals surface area contributed by atoms with Gasteiger partial charge in [-0.15, -0.1) is 0 Å². The first kappa shape index (κ1) is 19.3. The highest BCUT2D eigenvalue weighted by Crippen LogP contribution is 2.34. The summed E-state index contributed by atoms with van der Waals surface area (Å²) < 4.78 is 33.4. The Hall–Kier alpha value is -3.06. The standard InChI is InChI=1S/C22H20FN3O2S/c1-4-28-19-10-7-16(13-18(19)23)20-21(15-5-8-17(9-6-15)29(3)27)26-12-11-14(2)24-22(26)25-20/h5-13H,4H2,1-3H3. The van der Waals surface area contributed by atoms with Crippen LogP contribution in [0.15, 0.2) is 59.6 Å². The minimum atomic E-state index is -1.06. The van der Waals surface area contributed by atoms with E-state index in [9.17, 15) is 8.60 Å². The molecule has 2 aromatic heterocycles. The normalized spacial score (nSPS) is 12.3. The minimum absolute atomic E-state index is 0.213. The van der Waals surface area contributed by atoms with Crippen LogP contribution in [0.5, 0.6) is 5.75 Å². The molecule has 148 valence electrons. The molecule has 0 radical (unpaired) electrons. The predicted molar refractivity (Wildman–Crippen MR) is 112 cm³/mol. The predicted octanol–water partition coefficient (Wildman–Crippen LogP) is 4.65. The Labute approximate surface area is 170 Å². The van der Waals surface area contributed by atoms with Gasteiger partial charge in [0.15, 0.2) is 11.6 Å². The number of aryl methyl sites for hydroxylation is 1. The Morgan fingerprint density at radius 1 is 1.07 bits per heavy atom. The lowest BCUT2D eigenvalue weighted by Gasteiger charge is -2.09. The molecular formula is C22H20FN3O2S. The van der Waals surface area contributed by atoms with E-state index in [1.54, 1.807) is 18.4 Å². The van der Waals surface area contributed by atoms with Crippen LogP contribution in [0.4, 0.5) is 4.39 Å². The van der Waals surface area contributed by atoms with Crippen molar-refractivity contribution in [2.45, 2.75) is 18.7 Å². The van der Waals surface area contributed by atoms with Gasteiger partial charge in [0.25, 0.3) is 0 Å². The topological polar surface area (TPSA) is 56.5 Å². The molecule has 0 saturated heterocycles. The number of nitrogens with zero attached hydrogens (tertiary/aromatic N) is 3. The highest BCUT2D eigenvalue weighted by atomic mass is 32.2. The first-order valence-corrected chi connectivity index (χ1v) is 10.8. The number of ether oxygens (including phenoxy) is 1. The maximum Gasteiger partial charge on any atom is 0.235 e. The number of benzene rings is 2. The molecule has 0 saturated carbocycles. The molecule has 2 aromatic carbocycles. The quantitative estimate of drug-likeness (QED) is 0.482. The van der Waals surface area contributed by atoms with Crippen LogP contribution in [0.3, 0.4) is 0 Å². The smallest absolute Gasteiger partial charge is 0.235 e. The Balaban J connectivity index is 1.93. The van der Waals surface area contributed by atoms with Gasteiger partial charge in [-0.25, -0.2) is 14.4 Å². The average molecular weight is 409 g/mol. The van der Waals surface area contributed by atoms with Crippen LogP contribution in [0.2, 0.25) is 0 Å². The van der Waals surface area contributed by atoms with E-state index in [1.807, 2.05) is 54.8 Å². The lowest BCUT2D eigenvalue weighted by molar-refractivity contribution is 0.321. The van der Waals surface area contributed by atoms with E-state index in [0.717, 1.165) is 21.8 Å². The van der Waals surface area contributed by atoms with E-state index in [1.165, 1.54) is 6.07 Å². The van der Waals surface area contributed by atoms with Crippen molar-refractivity contribution in [3.63, 3.8) is 0 Å². The first-order chi connectivity index (χ1) is 14.0. The van der Waals surface area contributed by atoms with Crippen LogP contribution in [0, 0.1) is 12.7 Å². The molecule has 0 bridgehead atoms. The number of fused-ring (bicyclic) bond motifs is 1. The first-order valence-electron chi connectivity index (χ1n) is 9.20. The SMILES string of the molecule is CCOc1ccc(-c2nc3nc(C)ccn3c2-c2ccc(S(C)=O)cc2)cc1F. The highest BCUT2D eigenvalue weighted by Gasteiger charge is 2.18. The molecule has 7 heteroatoms. The summed E-state index contributed by atoms with van der Waals surface area (Å²) in [6.07, 6.45) is 3.55. The van der Waals surface area contributed by atoms with Crippen molar-refractivity contribution in [3.8, 4) is 28.3 Å². The highest BCUT2D eigenvalue weighted by molar-refractivity contribution is 7.84. The molecular weight excluding hydrogens is 389 g/mol. The number of halogens is 1. The van der Waals surface area contributed by atoms with Gasteiger partial charge in [-0.2, -0.15) is 0 Å². The third kappa shape index (κ3) is 3.65. The van der Waals surface area contributed by atoms with Crippen LogP contribution in [-0.4, -0.2) is 31.4 Å². The van der Waals surface area contributed by atoms with Gasteiger partial charge in [-0.1, -0.05) is 12.1 Å². The van der Waals surface area contributed by atoms with E-state index >= 15 is 0 Å². The van der Waals surface area contributed by atoms with E-state index in [2.05, 4.69) is 9.97 Å². The second-order valence-corrected chi connectivity index (χ2v) is 7.98. The summed E-state index contributed by atoms with van der Waals surface area (Å²) in [7, 11) is -1.06. The maximum atomic E-state index is 14.5. The summed E-state index contributed by atoms with van der Waals surface area (Å²) >= 11 is 0. The molecule has 0 aliphatic rings. The third-order valence-corrected chi connectivity index (χ3v) is 5.53. The molecule has 0 spiro atoms. The zero-order valence-electron chi connectivity index (χ0n) is 16.3. The van der Waals surface area contributed by atoms with E-state index in [0.29, 0.717) is 23.6 Å². The molecule has 1 atom stereocenters. The molecule has 1 unspecified atom stereocenters. The summed E-state index contributed by atoms with van der Waals surface area (Å²) in [6.45, 7) is 4.11. The molecule has 0 N–H and O–H groups in total. The zero-order valence-corrected chi connectivity index (χ0v) is 17.2. The van der Waals surface area contributed by atoms with Gasteiger partial charge in [0.1, 0.15) is 0 Å². The molecule has 0 amide bonds. The Morgan fingerprint density at radius 3 is 2.45 bits per heavy atom. The van der Waals surface area contributed by atoms with Crippen molar-refractivity contribution in [2.75, 3.05) is 12.9 Å². The zero-order chi connectivity index (χ0) is 20.5. The number of hydrogen-bond acceptors (Lipinski definition) is 4. The number of hydrogen-bond donors (Lipinski definition) is 0. The van der Waals surface area contributed by atoms with Crippen molar-refractivity contribution >= 4 is 16.6 Å². The summed E-state index contributed by atoms with van der Waals surface area (Å²) in [5.74, 6) is 0.311. The van der Waals surface area contributed by atoms with Gasteiger partial charge < -0.3 is 4.74 Å². The van der Waals surface area contributed by atoms with Crippen molar-refractivity contribution in [3.05, 3.63) is 66.2 Å².